The topological polar surface area (TPSA) is 73.0 Å². The zero-order valence-corrected chi connectivity index (χ0v) is 17.1. The number of aryl methyl sites for hydroxylation is 2. The molecule has 9 heteroatoms. The molecule has 0 saturated carbocycles. The van der Waals surface area contributed by atoms with E-state index in [1.807, 2.05) is 0 Å². The summed E-state index contributed by atoms with van der Waals surface area (Å²) in [5.74, 6) is -1.27. The summed E-state index contributed by atoms with van der Waals surface area (Å²) in [4.78, 5) is 21.0. The van der Waals surface area contributed by atoms with Crippen LogP contribution in [0, 0.1) is 17.5 Å². The Morgan fingerprint density at radius 2 is 1.94 bits per heavy atom. The first-order chi connectivity index (χ1) is 15.4. The van der Waals surface area contributed by atoms with Gasteiger partial charge in [0.25, 0.3) is 0 Å². The molecule has 1 amide bonds. The van der Waals surface area contributed by atoms with E-state index in [1.54, 1.807) is 36.1 Å². The second-order valence-electron chi connectivity index (χ2n) is 7.19. The molecule has 6 nitrogen and oxygen atoms in total. The minimum atomic E-state index is -0.765. The lowest BCUT2D eigenvalue weighted by atomic mass is 10.1. The number of imidazole rings is 1. The smallest absolute Gasteiger partial charge is 0.221 e. The summed E-state index contributed by atoms with van der Waals surface area (Å²) in [6, 6.07) is 8.44. The van der Waals surface area contributed by atoms with Crippen LogP contribution in [0.2, 0.25) is 0 Å². The van der Waals surface area contributed by atoms with Crippen LogP contribution in [0.3, 0.4) is 0 Å². The maximum Gasteiger partial charge on any atom is 0.221 e. The molecule has 0 saturated heterocycles. The number of nitrogens with one attached hydrogen (secondary N) is 1. The van der Waals surface area contributed by atoms with Crippen LogP contribution in [0.1, 0.15) is 29.7 Å². The van der Waals surface area contributed by atoms with Crippen LogP contribution in [-0.2, 0) is 18.3 Å². The zero-order valence-electron chi connectivity index (χ0n) is 17.1. The summed E-state index contributed by atoms with van der Waals surface area (Å²) >= 11 is 0. The van der Waals surface area contributed by atoms with Gasteiger partial charge in [-0.05, 0) is 29.8 Å². The highest BCUT2D eigenvalue weighted by Gasteiger charge is 2.21. The molecule has 0 aliphatic carbocycles. The number of carbonyl (C=O) groups excluding carboxylic acids is 1. The van der Waals surface area contributed by atoms with E-state index in [2.05, 4.69) is 15.3 Å². The highest BCUT2D eigenvalue weighted by atomic mass is 19.1. The van der Waals surface area contributed by atoms with Crippen LogP contribution in [0.25, 0.3) is 11.3 Å². The molecule has 2 aromatic heterocycles. The number of carbonyl (C=O) groups is 1. The first-order valence-corrected chi connectivity index (χ1v) is 9.83. The number of halogens is 3. The number of hydrogen-bond acceptors (Lipinski definition) is 4. The SMILES string of the molecule is Cn1ccnc1C(NC(=O)CCc1ncc(-c2ccc(F)cc2F)o1)c1cccc(F)c1. The zero-order chi connectivity index (χ0) is 22.7. The number of oxazole rings is 1. The molecule has 0 aliphatic heterocycles. The summed E-state index contributed by atoms with van der Waals surface area (Å²) in [6.45, 7) is 0. The van der Waals surface area contributed by atoms with Crippen molar-refractivity contribution in [1.82, 2.24) is 19.9 Å². The molecule has 0 spiro atoms. The summed E-state index contributed by atoms with van der Waals surface area (Å²) < 4.78 is 48.1. The highest BCUT2D eigenvalue weighted by molar-refractivity contribution is 5.77. The number of amides is 1. The first-order valence-electron chi connectivity index (χ1n) is 9.83. The van der Waals surface area contributed by atoms with Gasteiger partial charge in [0.1, 0.15) is 29.3 Å². The van der Waals surface area contributed by atoms with E-state index in [4.69, 9.17) is 4.42 Å². The summed E-state index contributed by atoms with van der Waals surface area (Å²) in [7, 11) is 1.78. The largest absolute Gasteiger partial charge is 0.441 e. The van der Waals surface area contributed by atoms with E-state index >= 15 is 0 Å². The van der Waals surface area contributed by atoms with Crippen molar-refractivity contribution in [2.45, 2.75) is 18.9 Å². The third-order valence-electron chi connectivity index (χ3n) is 4.92. The number of nitrogens with zero attached hydrogens (tertiary/aromatic N) is 3. The molecular formula is C23H19F3N4O2. The lowest BCUT2D eigenvalue weighted by Crippen LogP contribution is -2.31. The Bertz CT molecular complexity index is 1250. The quantitative estimate of drug-likeness (QED) is 0.464. The minimum Gasteiger partial charge on any atom is -0.441 e. The molecule has 2 heterocycles. The van der Waals surface area contributed by atoms with E-state index in [-0.39, 0.29) is 36.0 Å². The van der Waals surface area contributed by atoms with Gasteiger partial charge in [-0.1, -0.05) is 12.1 Å². The molecule has 1 N–H and O–H groups in total. The van der Waals surface area contributed by atoms with Crippen LogP contribution in [0.15, 0.2) is 65.5 Å². The van der Waals surface area contributed by atoms with Gasteiger partial charge < -0.3 is 14.3 Å². The van der Waals surface area contributed by atoms with Crippen molar-refractivity contribution in [3.8, 4) is 11.3 Å². The standard InChI is InChI=1S/C23H19F3N4O2/c1-30-10-9-27-23(30)22(14-3-2-4-15(24)11-14)29-20(31)7-8-21-28-13-19(32-21)17-6-5-16(25)12-18(17)26/h2-6,9-13,22H,7-8H2,1H3,(H,29,31). The normalized spacial score (nSPS) is 12.0. The molecule has 0 bridgehead atoms. The van der Waals surface area contributed by atoms with Gasteiger partial charge in [-0.3, -0.25) is 4.79 Å². The van der Waals surface area contributed by atoms with Crippen molar-refractivity contribution in [1.29, 1.82) is 0 Å². The fourth-order valence-electron chi connectivity index (χ4n) is 3.33. The van der Waals surface area contributed by atoms with Crippen LogP contribution in [0.5, 0.6) is 0 Å². The predicted molar refractivity (Wildman–Crippen MR) is 110 cm³/mol. The van der Waals surface area contributed by atoms with Gasteiger partial charge in [-0.25, -0.2) is 23.1 Å². The van der Waals surface area contributed by atoms with Crippen LogP contribution in [0.4, 0.5) is 13.2 Å². The molecule has 4 aromatic rings. The average Bonchev–Trinajstić information content (AvgIpc) is 3.39. The van der Waals surface area contributed by atoms with Gasteiger partial charge in [-0.15, -0.1) is 0 Å². The number of benzene rings is 2. The molecule has 164 valence electrons. The number of aromatic nitrogens is 3. The van der Waals surface area contributed by atoms with Crippen molar-refractivity contribution in [3.63, 3.8) is 0 Å². The minimum absolute atomic E-state index is 0.0299. The Balaban J connectivity index is 1.45. The number of hydrogen-bond donors (Lipinski definition) is 1. The third kappa shape index (κ3) is 4.72. The second kappa shape index (κ2) is 9.09. The van der Waals surface area contributed by atoms with E-state index in [9.17, 15) is 18.0 Å². The van der Waals surface area contributed by atoms with Crippen molar-refractivity contribution in [2.75, 3.05) is 0 Å². The monoisotopic (exact) mass is 440 g/mol. The molecule has 1 unspecified atom stereocenters. The predicted octanol–water partition coefficient (Wildman–Crippen LogP) is 4.33. The molecule has 0 radical (unpaired) electrons. The molecule has 2 aromatic carbocycles. The molecule has 32 heavy (non-hydrogen) atoms. The molecule has 1 atom stereocenters. The Morgan fingerprint density at radius 3 is 2.66 bits per heavy atom. The summed E-state index contributed by atoms with van der Waals surface area (Å²) in [5.41, 5.74) is 0.633. The second-order valence-corrected chi connectivity index (χ2v) is 7.19. The Kier molecular flexibility index (Phi) is 6.07. The van der Waals surface area contributed by atoms with E-state index in [1.165, 1.54) is 24.4 Å². The summed E-state index contributed by atoms with van der Waals surface area (Å²) in [6.07, 6.45) is 4.84. The van der Waals surface area contributed by atoms with Gasteiger partial charge in [0, 0.05) is 38.3 Å². The van der Waals surface area contributed by atoms with Crippen LogP contribution >= 0.6 is 0 Å². The number of rotatable bonds is 7. The van der Waals surface area contributed by atoms with Gasteiger partial charge >= 0.3 is 0 Å². The van der Waals surface area contributed by atoms with Crippen molar-refractivity contribution < 1.29 is 22.4 Å². The fraction of sp³-hybridized carbons (Fsp3) is 0.174. The van der Waals surface area contributed by atoms with E-state index in [0.717, 1.165) is 12.1 Å². The van der Waals surface area contributed by atoms with E-state index in [0.29, 0.717) is 11.4 Å². The Hall–Kier alpha value is -3.88. The lowest BCUT2D eigenvalue weighted by Gasteiger charge is -2.19. The highest BCUT2D eigenvalue weighted by Crippen LogP contribution is 2.25. The maximum absolute atomic E-state index is 13.9. The van der Waals surface area contributed by atoms with Crippen LogP contribution < -0.4 is 5.32 Å². The van der Waals surface area contributed by atoms with Gasteiger partial charge in [-0.2, -0.15) is 0 Å². The summed E-state index contributed by atoms with van der Waals surface area (Å²) in [5, 5.41) is 2.87. The van der Waals surface area contributed by atoms with E-state index < -0.39 is 23.5 Å². The first kappa shape index (κ1) is 21.4. The van der Waals surface area contributed by atoms with Gasteiger partial charge in [0.2, 0.25) is 5.91 Å². The molecule has 0 fully saturated rings. The molecular weight excluding hydrogens is 421 g/mol. The Morgan fingerprint density at radius 1 is 1.12 bits per heavy atom. The third-order valence-corrected chi connectivity index (χ3v) is 4.92. The van der Waals surface area contributed by atoms with Crippen molar-refractivity contribution in [2.24, 2.45) is 7.05 Å². The lowest BCUT2D eigenvalue weighted by molar-refractivity contribution is -0.121. The van der Waals surface area contributed by atoms with Gasteiger partial charge in [0.05, 0.1) is 11.8 Å². The molecule has 0 aliphatic rings. The van der Waals surface area contributed by atoms with Crippen LogP contribution in [-0.4, -0.2) is 20.4 Å². The Labute approximate surface area is 181 Å². The average molecular weight is 440 g/mol. The van der Waals surface area contributed by atoms with Crippen molar-refractivity contribution >= 4 is 5.91 Å². The maximum atomic E-state index is 13.9. The molecule has 4 rings (SSSR count). The fourth-order valence-corrected chi connectivity index (χ4v) is 3.33. The van der Waals surface area contributed by atoms with Crippen molar-refractivity contribution in [3.05, 3.63) is 95.8 Å². The van der Waals surface area contributed by atoms with Gasteiger partial charge in [0.15, 0.2) is 11.7 Å².